The Morgan fingerprint density at radius 2 is 2.26 bits per heavy atom. The van der Waals surface area contributed by atoms with Crippen LogP contribution in [0.25, 0.3) is 0 Å². The van der Waals surface area contributed by atoms with Crippen LogP contribution in [-0.2, 0) is 0 Å². The van der Waals surface area contributed by atoms with Gasteiger partial charge in [0.05, 0.1) is 17.1 Å². The van der Waals surface area contributed by atoms with Gasteiger partial charge in [0, 0.05) is 11.8 Å². The van der Waals surface area contributed by atoms with Crippen LogP contribution in [0.5, 0.6) is 0 Å². The summed E-state index contributed by atoms with van der Waals surface area (Å²) < 4.78 is 0. The van der Waals surface area contributed by atoms with Crippen molar-refractivity contribution in [2.75, 3.05) is 23.0 Å². The molecular weight excluding hydrogens is 266 g/mol. The average molecular weight is 283 g/mol. The Balaban J connectivity index is 2.02. The molecule has 2 heterocycles. The number of aromatic nitrogens is 1. The van der Waals surface area contributed by atoms with E-state index in [1.165, 1.54) is 37.1 Å². The number of hydrazine groups is 1. The Bertz CT molecular complexity index is 451. The normalized spacial score (nSPS) is 18.9. The standard InChI is InChI=1S/C11H17N5O2S/c12-15-11-6-8(16(17)18)5-10(14-11)13-7-9-3-1-2-4-19-9/h5-6,9H,1-4,7,12H2,(H2,13,14,15). The number of pyridine rings is 1. The second kappa shape index (κ2) is 6.58. The third kappa shape index (κ3) is 3.97. The molecule has 4 N–H and O–H groups in total. The maximum atomic E-state index is 10.8. The Hall–Kier alpha value is -1.54. The molecule has 0 spiro atoms. The van der Waals surface area contributed by atoms with Gasteiger partial charge in [0.2, 0.25) is 0 Å². The number of nitrogen functional groups attached to an aromatic ring is 1. The van der Waals surface area contributed by atoms with Gasteiger partial charge < -0.3 is 10.7 Å². The second-order valence-corrected chi connectivity index (χ2v) is 5.78. The van der Waals surface area contributed by atoms with E-state index in [0.717, 1.165) is 6.54 Å². The van der Waals surface area contributed by atoms with Gasteiger partial charge in [-0.1, -0.05) is 6.42 Å². The molecule has 1 aromatic heterocycles. The number of nitrogens with one attached hydrogen (secondary N) is 2. The summed E-state index contributed by atoms with van der Waals surface area (Å²) in [6.45, 7) is 0.767. The third-order valence-corrected chi connectivity index (χ3v) is 4.35. The number of thioether (sulfide) groups is 1. The highest BCUT2D eigenvalue weighted by molar-refractivity contribution is 7.99. The Morgan fingerprint density at radius 3 is 2.89 bits per heavy atom. The molecule has 1 saturated heterocycles. The van der Waals surface area contributed by atoms with Crippen molar-refractivity contribution in [2.24, 2.45) is 5.84 Å². The first kappa shape index (κ1) is 13.9. The molecule has 104 valence electrons. The molecule has 0 aromatic carbocycles. The number of hydrogen-bond donors (Lipinski definition) is 3. The maximum Gasteiger partial charge on any atom is 0.276 e. The minimum absolute atomic E-state index is 0.0262. The van der Waals surface area contributed by atoms with E-state index in [4.69, 9.17) is 5.84 Å². The van der Waals surface area contributed by atoms with Crippen LogP contribution >= 0.6 is 11.8 Å². The molecule has 0 saturated carbocycles. The highest BCUT2D eigenvalue weighted by Gasteiger charge is 2.15. The zero-order chi connectivity index (χ0) is 13.7. The molecular formula is C11H17N5O2S. The summed E-state index contributed by atoms with van der Waals surface area (Å²) in [5, 5.41) is 14.5. The molecule has 1 aliphatic rings. The topological polar surface area (TPSA) is 106 Å². The van der Waals surface area contributed by atoms with E-state index in [1.54, 1.807) is 0 Å². The van der Waals surface area contributed by atoms with Gasteiger partial charge in [0.1, 0.15) is 11.6 Å². The van der Waals surface area contributed by atoms with Crippen molar-refractivity contribution in [3.63, 3.8) is 0 Å². The minimum Gasteiger partial charge on any atom is -0.369 e. The van der Waals surface area contributed by atoms with Crippen molar-refractivity contribution in [1.29, 1.82) is 0 Å². The summed E-state index contributed by atoms with van der Waals surface area (Å²) >= 11 is 1.94. The van der Waals surface area contributed by atoms with E-state index in [2.05, 4.69) is 15.7 Å². The molecule has 1 atom stereocenters. The highest BCUT2D eigenvalue weighted by Crippen LogP contribution is 2.26. The van der Waals surface area contributed by atoms with Crippen LogP contribution in [0.2, 0.25) is 0 Å². The molecule has 1 unspecified atom stereocenters. The minimum atomic E-state index is -0.455. The van der Waals surface area contributed by atoms with E-state index >= 15 is 0 Å². The van der Waals surface area contributed by atoms with Gasteiger partial charge >= 0.3 is 0 Å². The lowest BCUT2D eigenvalue weighted by Crippen LogP contribution is -2.21. The number of nitrogens with zero attached hydrogens (tertiary/aromatic N) is 2. The summed E-state index contributed by atoms with van der Waals surface area (Å²) in [6, 6.07) is 2.73. The van der Waals surface area contributed by atoms with Crippen LogP contribution < -0.4 is 16.6 Å². The summed E-state index contributed by atoms with van der Waals surface area (Å²) in [6.07, 6.45) is 3.70. The first-order chi connectivity index (χ1) is 9.19. The molecule has 0 aliphatic carbocycles. The molecule has 2 rings (SSSR count). The van der Waals surface area contributed by atoms with E-state index < -0.39 is 4.92 Å². The molecule has 1 aliphatic heterocycles. The molecule has 8 heteroatoms. The van der Waals surface area contributed by atoms with E-state index in [1.807, 2.05) is 11.8 Å². The van der Waals surface area contributed by atoms with Crippen LogP contribution in [0.15, 0.2) is 12.1 Å². The first-order valence-electron chi connectivity index (χ1n) is 6.17. The van der Waals surface area contributed by atoms with Gasteiger partial charge in [-0.25, -0.2) is 10.8 Å². The van der Waals surface area contributed by atoms with Crippen LogP contribution in [-0.4, -0.2) is 27.5 Å². The SMILES string of the molecule is NNc1cc([N+](=O)[O-])cc(NCC2CCCCS2)n1. The zero-order valence-electron chi connectivity index (χ0n) is 10.5. The van der Waals surface area contributed by atoms with Crippen molar-refractivity contribution in [3.8, 4) is 0 Å². The predicted molar refractivity (Wildman–Crippen MR) is 77.3 cm³/mol. The molecule has 1 fully saturated rings. The number of anilines is 2. The Labute approximate surface area is 115 Å². The van der Waals surface area contributed by atoms with Crippen molar-refractivity contribution in [1.82, 2.24) is 4.98 Å². The number of nitrogens with two attached hydrogens (primary N) is 1. The molecule has 7 nitrogen and oxygen atoms in total. The van der Waals surface area contributed by atoms with Gasteiger partial charge in [0.15, 0.2) is 0 Å². The van der Waals surface area contributed by atoms with Gasteiger partial charge in [-0.15, -0.1) is 0 Å². The molecule has 0 bridgehead atoms. The third-order valence-electron chi connectivity index (χ3n) is 2.95. The molecule has 19 heavy (non-hydrogen) atoms. The summed E-state index contributed by atoms with van der Waals surface area (Å²) in [7, 11) is 0. The molecule has 1 aromatic rings. The van der Waals surface area contributed by atoms with Gasteiger partial charge in [-0.2, -0.15) is 11.8 Å². The predicted octanol–water partition coefficient (Wildman–Crippen LogP) is 1.97. The van der Waals surface area contributed by atoms with E-state index in [9.17, 15) is 10.1 Å². The second-order valence-electron chi connectivity index (χ2n) is 4.37. The van der Waals surface area contributed by atoms with Gasteiger partial charge in [-0.05, 0) is 18.6 Å². The zero-order valence-corrected chi connectivity index (χ0v) is 11.3. The Kier molecular flexibility index (Phi) is 4.80. The highest BCUT2D eigenvalue weighted by atomic mass is 32.2. The summed E-state index contributed by atoms with van der Waals surface area (Å²) in [4.78, 5) is 14.5. The number of rotatable bonds is 5. The monoisotopic (exact) mass is 283 g/mol. The van der Waals surface area contributed by atoms with Crippen molar-refractivity contribution in [2.45, 2.75) is 24.5 Å². The fourth-order valence-electron chi connectivity index (χ4n) is 1.97. The lowest BCUT2D eigenvalue weighted by molar-refractivity contribution is -0.384. The van der Waals surface area contributed by atoms with Crippen LogP contribution in [0.4, 0.5) is 17.3 Å². The fraction of sp³-hybridized carbons (Fsp3) is 0.545. The van der Waals surface area contributed by atoms with Crippen molar-refractivity contribution in [3.05, 3.63) is 22.2 Å². The summed E-state index contributed by atoms with van der Waals surface area (Å²) in [5.41, 5.74) is 2.31. The average Bonchev–Trinajstić information content (AvgIpc) is 2.45. The summed E-state index contributed by atoms with van der Waals surface area (Å²) in [5.74, 6) is 7.21. The lowest BCUT2D eigenvalue weighted by Gasteiger charge is -2.21. The fourth-order valence-corrected chi connectivity index (χ4v) is 3.21. The van der Waals surface area contributed by atoms with E-state index in [-0.39, 0.29) is 11.5 Å². The first-order valence-corrected chi connectivity index (χ1v) is 7.22. The largest absolute Gasteiger partial charge is 0.369 e. The number of hydrogen-bond acceptors (Lipinski definition) is 7. The molecule has 0 radical (unpaired) electrons. The quantitative estimate of drug-likeness (QED) is 0.431. The van der Waals surface area contributed by atoms with Gasteiger partial charge in [0.25, 0.3) is 5.69 Å². The van der Waals surface area contributed by atoms with Crippen LogP contribution in [0.3, 0.4) is 0 Å². The smallest absolute Gasteiger partial charge is 0.276 e. The Morgan fingerprint density at radius 1 is 1.47 bits per heavy atom. The van der Waals surface area contributed by atoms with Gasteiger partial charge in [-0.3, -0.25) is 10.1 Å². The maximum absolute atomic E-state index is 10.8. The van der Waals surface area contributed by atoms with Crippen molar-refractivity contribution >= 4 is 29.1 Å². The lowest BCUT2D eigenvalue weighted by atomic mass is 10.2. The van der Waals surface area contributed by atoms with Crippen LogP contribution in [0, 0.1) is 10.1 Å². The van der Waals surface area contributed by atoms with Crippen molar-refractivity contribution < 1.29 is 4.92 Å². The van der Waals surface area contributed by atoms with Crippen LogP contribution in [0.1, 0.15) is 19.3 Å². The van der Waals surface area contributed by atoms with E-state index in [0.29, 0.717) is 11.1 Å². The number of nitro groups is 1. The molecule has 0 amide bonds.